The van der Waals surface area contributed by atoms with Gasteiger partial charge in [-0.15, -0.1) is 12.4 Å². The Kier molecular flexibility index (Phi) is 7.77. The summed E-state index contributed by atoms with van der Waals surface area (Å²) in [7, 11) is 0. The van der Waals surface area contributed by atoms with Gasteiger partial charge in [-0.05, 0) is 47.4 Å². The van der Waals surface area contributed by atoms with Crippen LogP contribution in [0.15, 0.2) is 28.7 Å². The van der Waals surface area contributed by atoms with E-state index in [0.29, 0.717) is 19.1 Å². The number of halogens is 4. The molecule has 2 rings (SSSR count). The summed E-state index contributed by atoms with van der Waals surface area (Å²) in [5, 5.41) is 0. The zero-order valence-corrected chi connectivity index (χ0v) is 13.5. The second kappa shape index (κ2) is 8.80. The third-order valence-corrected chi connectivity index (χ3v) is 3.97. The summed E-state index contributed by atoms with van der Waals surface area (Å²) in [5.74, 6) is 1.15. The van der Waals surface area contributed by atoms with Crippen LogP contribution in [0.25, 0.3) is 0 Å². The lowest BCUT2D eigenvalue weighted by Crippen LogP contribution is -2.40. The minimum Gasteiger partial charge on any atom is -0.492 e. The van der Waals surface area contributed by atoms with Crippen molar-refractivity contribution in [3.63, 3.8) is 0 Å². The maximum atomic E-state index is 12.4. The van der Waals surface area contributed by atoms with Crippen molar-refractivity contribution in [1.82, 2.24) is 4.90 Å². The quantitative estimate of drug-likeness (QED) is 0.769. The number of likely N-dealkylation sites (tertiary alicyclic amines) is 1. The highest BCUT2D eigenvalue weighted by molar-refractivity contribution is 9.10. The second-order valence-corrected chi connectivity index (χ2v) is 5.75. The molecule has 1 aliphatic heterocycles. The number of rotatable bonds is 5. The monoisotopic (exact) mass is 369 g/mol. The molecule has 6 heteroatoms. The van der Waals surface area contributed by atoms with Crippen LogP contribution in [0.3, 0.4) is 0 Å². The Morgan fingerprint density at radius 1 is 1.35 bits per heavy atom. The summed E-state index contributed by atoms with van der Waals surface area (Å²) in [6.45, 7) is 1.94. The topological polar surface area (TPSA) is 12.5 Å². The molecule has 1 fully saturated rings. The van der Waals surface area contributed by atoms with Gasteiger partial charge in [-0.2, -0.15) is 0 Å². The van der Waals surface area contributed by atoms with E-state index < -0.39 is 6.43 Å². The van der Waals surface area contributed by atoms with Crippen LogP contribution in [0, 0.1) is 5.92 Å². The first kappa shape index (κ1) is 17.7. The highest BCUT2D eigenvalue weighted by Crippen LogP contribution is 2.25. The van der Waals surface area contributed by atoms with E-state index in [9.17, 15) is 8.78 Å². The van der Waals surface area contributed by atoms with Gasteiger partial charge in [0.15, 0.2) is 0 Å². The lowest BCUT2D eigenvalue weighted by atomic mass is 9.99. The van der Waals surface area contributed by atoms with Gasteiger partial charge >= 0.3 is 0 Å². The fourth-order valence-corrected chi connectivity index (χ4v) is 2.82. The second-order valence-electron chi connectivity index (χ2n) is 4.90. The summed E-state index contributed by atoms with van der Waals surface area (Å²) in [4.78, 5) is 1.84. The van der Waals surface area contributed by atoms with E-state index in [1.807, 2.05) is 29.2 Å². The average molecular weight is 371 g/mol. The molecule has 0 aliphatic carbocycles. The highest BCUT2D eigenvalue weighted by Gasteiger charge is 2.22. The molecule has 0 aromatic heterocycles. The number of hydrogen-bond acceptors (Lipinski definition) is 2. The van der Waals surface area contributed by atoms with Gasteiger partial charge in [-0.25, -0.2) is 8.78 Å². The predicted molar refractivity (Wildman–Crippen MR) is 82.1 cm³/mol. The van der Waals surface area contributed by atoms with Crippen LogP contribution in [0.1, 0.15) is 12.8 Å². The van der Waals surface area contributed by atoms with Gasteiger partial charge in [-0.3, -0.25) is 4.90 Å². The van der Waals surface area contributed by atoms with Gasteiger partial charge in [0.25, 0.3) is 6.43 Å². The minimum atomic E-state index is -2.25. The third kappa shape index (κ3) is 5.54. The van der Waals surface area contributed by atoms with E-state index in [1.54, 1.807) is 0 Å². The van der Waals surface area contributed by atoms with Crippen LogP contribution in [-0.4, -0.2) is 37.6 Å². The predicted octanol–water partition coefficient (Wildman–Crippen LogP) is 4.23. The zero-order valence-electron chi connectivity index (χ0n) is 11.1. The molecule has 1 saturated heterocycles. The molecular weight excluding hydrogens is 352 g/mol. The molecule has 20 heavy (non-hydrogen) atoms. The lowest BCUT2D eigenvalue weighted by Gasteiger charge is -2.32. The normalized spacial score (nSPS) is 19.7. The molecular formula is C14H19BrClF2NO. The molecule has 1 heterocycles. The largest absolute Gasteiger partial charge is 0.492 e. The molecule has 1 aromatic rings. The van der Waals surface area contributed by atoms with Crippen LogP contribution in [0.4, 0.5) is 8.78 Å². The number of alkyl halides is 2. The number of para-hydroxylation sites is 1. The smallest absolute Gasteiger partial charge is 0.251 e. The summed E-state index contributed by atoms with van der Waals surface area (Å²) >= 11 is 3.43. The SMILES string of the molecule is Cl.FC(F)CN1CCCC(COc2ccccc2Br)C1. The molecule has 2 nitrogen and oxygen atoms in total. The van der Waals surface area contributed by atoms with Crippen molar-refractivity contribution in [2.45, 2.75) is 19.3 Å². The van der Waals surface area contributed by atoms with Crippen molar-refractivity contribution in [3.8, 4) is 5.75 Å². The molecule has 1 aliphatic rings. The number of nitrogens with zero attached hydrogens (tertiary/aromatic N) is 1. The molecule has 0 amide bonds. The van der Waals surface area contributed by atoms with Gasteiger partial charge in [0.1, 0.15) is 5.75 Å². The van der Waals surface area contributed by atoms with Gasteiger partial charge in [0, 0.05) is 12.5 Å². The first-order valence-electron chi connectivity index (χ1n) is 6.53. The van der Waals surface area contributed by atoms with Crippen molar-refractivity contribution in [2.75, 3.05) is 26.2 Å². The van der Waals surface area contributed by atoms with E-state index >= 15 is 0 Å². The maximum Gasteiger partial charge on any atom is 0.251 e. The average Bonchev–Trinajstić information content (AvgIpc) is 2.37. The maximum absolute atomic E-state index is 12.4. The molecule has 114 valence electrons. The number of hydrogen-bond donors (Lipinski definition) is 0. The van der Waals surface area contributed by atoms with E-state index in [-0.39, 0.29) is 19.0 Å². The molecule has 0 saturated carbocycles. The van der Waals surface area contributed by atoms with Gasteiger partial charge in [0.2, 0.25) is 0 Å². The fraction of sp³-hybridized carbons (Fsp3) is 0.571. The van der Waals surface area contributed by atoms with Gasteiger partial charge in [-0.1, -0.05) is 12.1 Å². The number of piperidine rings is 1. The summed E-state index contributed by atoms with van der Waals surface area (Å²) in [6.07, 6.45) is -0.233. The van der Waals surface area contributed by atoms with Crippen molar-refractivity contribution in [1.29, 1.82) is 0 Å². The Bertz CT molecular complexity index is 409. The Morgan fingerprint density at radius 2 is 2.10 bits per heavy atom. The minimum absolute atomic E-state index is 0. The Labute approximate surface area is 133 Å². The Hall–Kier alpha value is -0.390. The molecule has 1 atom stereocenters. The van der Waals surface area contributed by atoms with Crippen LogP contribution < -0.4 is 4.74 Å². The molecule has 1 aromatic carbocycles. The summed E-state index contributed by atoms with van der Waals surface area (Å²) < 4.78 is 31.4. The molecule has 1 unspecified atom stereocenters. The highest BCUT2D eigenvalue weighted by atomic mass is 79.9. The molecule has 0 bridgehead atoms. The van der Waals surface area contributed by atoms with Crippen molar-refractivity contribution < 1.29 is 13.5 Å². The fourth-order valence-electron chi connectivity index (χ4n) is 2.42. The molecule has 0 N–H and O–H groups in total. The van der Waals surface area contributed by atoms with E-state index in [4.69, 9.17) is 4.74 Å². The van der Waals surface area contributed by atoms with E-state index in [2.05, 4.69) is 15.9 Å². The first-order chi connectivity index (χ1) is 9.15. The number of ether oxygens (including phenoxy) is 1. The zero-order chi connectivity index (χ0) is 13.7. The molecule has 0 radical (unpaired) electrons. The Balaban J connectivity index is 0.00000200. The summed E-state index contributed by atoms with van der Waals surface area (Å²) in [5.41, 5.74) is 0. The number of benzene rings is 1. The van der Waals surface area contributed by atoms with E-state index in [1.165, 1.54) is 0 Å². The van der Waals surface area contributed by atoms with E-state index in [0.717, 1.165) is 29.6 Å². The van der Waals surface area contributed by atoms with Crippen molar-refractivity contribution in [2.24, 2.45) is 5.92 Å². The van der Waals surface area contributed by atoms with Crippen LogP contribution in [0.5, 0.6) is 5.75 Å². The standard InChI is InChI=1S/C14H18BrF2NO.ClH/c15-12-5-1-2-6-13(12)19-10-11-4-3-7-18(8-11)9-14(16)17;/h1-2,5-6,11,14H,3-4,7-10H2;1H. The van der Waals surface area contributed by atoms with Crippen LogP contribution in [-0.2, 0) is 0 Å². The summed E-state index contributed by atoms with van der Waals surface area (Å²) in [6, 6.07) is 7.69. The van der Waals surface area contributed by atoms with Crippen LogP contribution >= 0.6 is 28.3 Å². The Morgan fingerprint density at radius 3 is 2.80 bits per heavy atom. The van der Waals surface area contributed by atoms with Gasteiger partial charge < -0.3 is 4.74 Å². The first-order valence-corrected chi connectivity index (χ1v) is 7.32. The lowest BCUT2D eigenvalue weighted by molar-refractivity contribution is 0.0551. The van der Waals surface area contributed by atoms with Crippen LogP contribution in [0.2, 0.25) is 0 Å². The van der Waals surface area contributed by atoms with Gasteiger partial charge in [0.05, 0.1) is 17.6 Å². The molecule has 0 spiro atoms. The third-order valence-electron chi connectivity index (χ3n) is 3.31. The van der Waals surface area contributed by atoms with Crippen molar-refractivity contribution >= 4 is 28.3 Å². The van der Waals surface area contributed by atoms with Crippen molar-refractivity contribution in [3.05, 3.63) is 28.7 Å².